The summed E-state index contributed by atoms with van der Waals surface area (Å²) in [7, 11) is 0. The summed E-state index contributed by atoms with van der Waals surface area (Å²) in [5.74, 6) is 0.443. The molecule has 2 aromatic carbocycles. The van der Waals surface area contributed by atoms with E-state index in [-0.39, 0.29) is 11.8 Å². The van der Waals surface area contributed by atoms with E-state index in [0.717, 1.165) is 22.4 Å². The van der Waals surface area contributed by atoms with E-state index < -0.39 is 6.04 Å². The van der Waals surface area contributed by atoms with E-state index in [1.807, 2.05) is 48.7 Å². The van der Waals surface area contributed by atoms with Gasteiger partial charge in [-0.05, 0) is 48.1 Å². The largest absolute Gasteiger partial charge is 0.334 e. The summed E-state index contributed by atoms with van der Waals surface area (Å²) in [6, 6.07) is 17.2. The highest BCUT2D eigenvalue weighted by Gasteiger charge is 2.36. The van der Waals surface area contributed by atoms with Crippen LogP contribution in [-0.4, -0.2) is 21.1 Å². The average molecular weight is 475 g/mol. The maximum atomic E-state index is 13.6. The quantitative estimate of drug-likeness (QED) is 0.361. The predicted octanol–water partition coefficient (Wildman–Crippen LogP) is 6.20. The molecule has 0 saturated carbocycles. The maximum absolute atomic E-state index is 13.6. The number of urea groups is 1. The first-order chi connectivity index (χ1) is 16.5. The van der Waals surface area contributed by atoms with Gasteiger partial charge >= 0.3 is 6.03 Å². The lowest BCUT2D eigenvalue weighted by molar-refractivity contribution is 0.203. The summed E-state index contributed by atoms with van der Waals surface area (Å²) in [6.45, 7) is 4.40. The van der Waals surface area contributed by atoms with Gasteiger partial charge in [0.25, 0.3) is 5.89 Å². The number of nitrogens with one attached hydrogen (secondary N) is 1. The van der Waals surface area contributed by atoms with E-state index in [0.29, 0.717) is 29.5 Å². The van der Waals surface area contributed by atoms with E-state index in [1.54, 1.807) is 28.4 Å². The van der Waals surface area contributed by atoms with Gasteiger partial charge in [-0.25, -0.2) is 9.18 Å². The lowest BCUT2D eigenvalue weighted by Gasteiger charge is -2.35. The van der Waals surface area contributed by atoms with Crippen LogP contribution in [0.4, 0.5) is 9.18 Å². The van der Waals surface area contributed by atoms with Gasteiger partial charge in [-0.3, -0.25) is 4.90 Å². The Labute approximate surface area is 200 Å². The number of allylic oxidation sites excluding steroid dienone is 1. The molecule has 0 aliphatic carbocycles. The van der Waals surface area contributed by atoms with E-state index in [1.165, 1.54) is 17.7 Å². The van der Waals surface area contributed by atoms with Crippen LogP contribution in [0.25, 0.3) is 17.0 Å². The second-order valence-electron chi connectivity index (χ2n) is 8.07. The zero-order chi connectivity index (χ0) is 23.7. The monoisotopic (exact) mass is 474 g/mol. The van der Waals surface area contributed by atoms with E-state index in [2.05, 4.69) is 22.4 Å². The number of benzene rings is 2. The van der Waals surface area contributed by atoms with Gasteiger partial charge in [0.05, 0.1) is 18.2 Å². The molecule has 2 amide bonds. The van der Waals surface area contributed by atoms with Crippen LogP contribution in [0.1, 0.15) is 41.8 Å². The average Bonchev–Trinajstić information content (AvgIpc) is 3.54. The Hall–Kier alpha value is -3.78. The van der Waals surface area contributed by atoms with Gasteiger partial charge in [-0.15, -0.1) is 11.3 Å². The number of rotatable bonds is 6. The molecule has 0 bridgehead atoms. The second kappa shape index (κ2) is 9.23. The molecule has 1 aliphatic heterocycles. The van der Waals surface area contributed by atoms with Crippen molar-refractivity contribution in [2.75, 3.05) is 0 Å². The molecule has 1 atom stereocenters. The molecule has 0 fully saturated rings. The highest BCUT2D eigenvalue weighted by atomic mass is 32.1. The number of carbonyl (C=O) groups excluding carboxylic acids is 1. The molecule has 6 nitrogen and oxygen atoms in total. The van der Waals surface area contributed by atoms with Gasteiger partial charge in [0.2, 0.25) is 5.82 Å². The molecule has 2 aromatic heterocycles. The van der Waals surface area contributed by atoms with Gasteiger partial charge in [-0.2, -0.15) is 4.98 Å². The molecule has 1 aliphatic rings. The minimum atomic E-state index is -0.552. The molecule has 34 heavy (non-hydrogen) atoms. The third-order valence-corrected chi connectivity index (χ3v) is 6.83. The first-order valence-corrected chi connectivity index (χ1v) is 11.9. The lowest BCUT2D eigenvalue weighted by Crippen LogP contribution is -2.45. The highest BCUT2D eigenvalue weighted by Crippen LogP contribution is 2.38. The first kappa shape index (κ1) is 22.0. The molecule has 8 heteroatoms. The molecule has 172 valence electrons. The highest BCUT2D eigenvalue weighted by molar-refractivity contribution is 7.09. The van der Waals surface area contributed by atoms with Crippen LogP contribution in [-0.2, 0) is 13.0 Å². The summed E-state index contributed by atoms with van der Waals surface area (Å²) >= 11 is 1.58. The second-order valence-corrected chi connectivity index (χ2v) is 9.10. The Morgan fingerprint density at radius 1 is 1.12 bits per heavy atom. The van der Waals surface area contributed by atoms with Gasteiger partial charge < -0.3 is 9.84 Å². The van der Waals surface area contributed by atoms with Crippen molar-refractivity contribution in [3.8, 4) is 11.4 Å². The van der Waals surface area contributed by atoms with Crippen molar-refractivity contribution in [3.05, 3.63) is 99.5 Å². The number of hydrogen-bond donors (Lipinski definition) is 1. The molecule has 5 rings (SSSR count). The van der Waals surface area contributed by atoms with Crippen molar-refractivity contribution in [2.24, 2.45) is 0 Å². The van der Waals surface area contributed by atoms with Crippen LogP contribution in [0, 0.1) is 5.82 Å². The summed E-state index contributed by atoms with van der Waals surface area (Å²) < 4.78 is 19.3. The van der Waals surface area contributed by atoms with Crippen LogP contribution in [0.15, 0.2) is 76.3 Å². The van der Waals surface area contributed by atoms with Crippen molar-refractivity contribution < 1.29 is 13.7 Å². The van der Waals surface area contributed by atoms with E-state index in [9.17, 15) is 9.18 Å². The first-order valence-electron chi connectivity index (χ1n) is 11.0. The number of carbonyl (C=O) groups is 1. The third-order valence-electron chi connectivity index (χ3n) is 5.97. The number of aryl methyl sites for hydroxylation is 1. The normalized spacial score (nSPS) is 16.1. The topological polar surface area (TPSA) is 71.3 Å². The molecule has 3 heterocycles. The number of amides is 2. The molecule has 0 spiro atoms. The van der Waals surface area contributed by atoms with E-state index >= 15 is 0 Å². The number of thiophene rings is 1. The lowest BCUT2D eigenvalue weighted by atomic mass is 9.94. The smallest absolute Gasteiger partial charge is 0.322 e. The molecule has 1 unspecified atom stereocenters. The zero-order valence-corrected chi connectivity index (χ0v) is 19.6. The van der Waals surface area contributed by atoms with E-state index in [4.69, 9.17) is 4.52 Å². The standard InChI is InChI=1S/C26H23FN4O2S/c1-3-17-6-8-19(9-7-17)24-29-25(33-30-24)22-16(2)31(15-21-5-4-14-34-21)26(32)28-23(22)18-10-12-20(27)13-11-18/h4-14,23H,3,15H2,1-2H3,(H,28,32). The fourth-order valence-electron chi connectivity index (χ4n) is 4.05. The summed E-state index contributed by atoms with van der Waals surface area (Å²) in [6.07, 6.45) is 0.947. The predicted molar refractivity (Wildman–Crippen MR) is 129 cm³/mol. The minimum absolute atomic E-state index is 0.237. The maximum Gasteiger partial charge on any atom is 0.322 e. The fraction of sp³-hybridized carbons (Fsp3) is 0.192. The SMILES string of the molecule is CCc1ccc(-c2noc(C3=C(C)N(Cc4cccs4)C(=O)NC3c3ccc(F)cc3)n2)cc1. The Bertz CT molecular complexity index is 1330. The Kier molecular flexibility index (Phi) is 5.98. The molecule has 0 saturated heterocycles. The van der Waals surface area contributed by atoms with Crippen LogP contribution >= 0.6 is 11.3 Å². The fourth-order valence-corrected chi connectivity index (χ4v) is 4.74. The van der Waals surface area contributed by atoms with Gasteiger partial charge in [0.15, 0.2) is 0 Å². The summed E-state index contributed by atoms with van der Waals surface area (Å²) in [5, 5.41) is 9.22. The summed E-state index contributed by atoms with van der Waals surface area (Å²) in [4.78, 5) is 20.5. The molecular weight excluding hydrogens is 451 g/mol. The number of hydrogen-bond acceptors (Lipinski definition) is 5. The molecule has 0 radical (unpaired) electrons. The van der Waals surface area contributed by atoms with Crippen LogP contribution < -0.4 is 5.32 Å². The Morgan fingerprint density at radius 3 is 2.56 bits per heavy atom. The van der Waals surface area contributed by atoms with Crippen molar-refractivity contribution in [1.82, 2.24) is 20.4 Å². The zero-order valence-electron chi connectivity index (χ0n) is 18.8. The van der Waals surface area contributed by atoms with Gasteiger partial charge in [-0.1, -0.05) is 54.5 Å². The summed E-state index contributed by atoms with van der Waals surface area (Å²) in [5.41, 5.74) is 4.20. The van der Waals surface area contributed by atoms with Crippen molar-refractivity contribution >= 4 is 22.9 Å². The minimum Gasteiger partial charge on any atom is -0.334 e. The van der Waals surface area contributed by atoms with Gasteiger partial charge in [0, 0.05) is 16.1 Å². The number of halogens is 1. The number of nitrogens with zero attached hydrogens (tertiary/aromatic N) is 3. The van der Waals surface area contributed by atoms with Crippen LogP contribution in [0.5, 0.6) is 0 Å². The van der Waals surface area contributed by atoms with Crippen molar-refractivity contribution in [1.29, 1.82) is 0 Å². The number of aromatic nitrogens is 2. The van der Waals surface area contributed by atoms with Gasteiger partial charge in [0.1, 0.15) is 5.82 Å². The van der Waals surface area contributed by atoms with Crippen molar-refractivity contribution in [2.45, 2.75) is 32.9 Å². The molecule has 4 aromatic rings. The third kappa shape index (κ3) is 4.24. The van der Waals surface area contributed by atoms with Crippen LogP contribution in [0.2, 0.25) is 0 Å². The molecule has 1 N–H and O–H groups in total. The van der Waals surface area contributed by atoms with Crippen LogP contribution in [0.3, 0.4) is 0 Å². The molecular formula is C26H23FN4O2S. The Morgan fingerprint density at radius 2 is 1.88 bits per heavy atom. The Balaban J connectivity index is 1.58. The van der Waals surface area contributed by atoms with Crippen molar-refractivity contribution in [3.63, 3.8) is 0 Å².